The normalized spacial score (nSPS) is 14.0. The van der Waals surface area contributed by atoms with E-state index >= 15 is 0 Å². The molecule has 0 aliphatic heterocycles. The summed E-state index contributed by atoms with van der Waals surface area (Å²) in [7, 11) is 1.77. The lowest BCUT2D eigenvalue weighted by molar-refractivity contribution is 0.0945. The zero-order valence-corrected chi connectivity index (χ0v) is 11.1. The van der Waals surface area contributed by atoms with Crippen LogP contribution in [-0.4, -0.2) is 42.7 Å². The van der Waals surface area contributed by atoms with Gasteiger partial charge in [-0.15, -0.1) is 0 Å². The Morgan fingerprint density at radius 1 is 1.42 bits per heavy atom. The summed E-state index contributed by atoms with van der Waals surface area (Å²) < 4.78 is 0. The highest BCUT2D eigenvalue weighted by Gasteiger charge is 2.21. The van der Waals surface area contributed by atoms with Crippen molar-refractivity contribution in [3.8, 4) is 0 Å². The van der Waals surface area contributed by atoms with Gasteiger partial charge < -0.3 is 21.1 Å². The number of nitrogens with one attached hydrogen (secondary N) is 3. The number of nitrogens with zero attached hydrogens (tertiary/aromatic N) is 1. The molecule has 2 rings (SSSR count). The highest BCUT2D eigenvalue weighted by atomic mass is 16.3. The maximum Gasteiger partial charge on any atom is 0.251 e. The third kappa shape index (κ3) is 4.10. The number of aliphatic hydroxyl groups excluding tert-OH is 1. The summed E-state index contributed by atoms with van der Waals surface area (Å²) in [5, 5.41) is 17.5. The van der Waals surface area contributed by atoms with Gasteiger partial charge in [0.05, 0.1) is 6.61 Å². The second-order valence-electron chi connectivity index (χ2n) is 4.68. The first kappa shape index (κ1) is 13.6. The fourth-order valence-corrected chi connectivity index (χ4v) is 1.72. The van der Waals surface area contributed by atoms with Crippen molar-refractivity contribution >= 4 is 17.5 Å². The van der Waals surface area contributed by atoms with Gasteiger partial charge in [-0.1, -0.05) is 0 Å². The van der Waals surface area contributed by atoms with Gasteiger partial charge in [-0.25, -0.2) is 4.98 Å². The van der Waals surface area contributed by atoms with Crippen LogP contribution in [0.4, 0.5) is 11.6 Å². The molecule has 0 saturated heterocycles. The standard InChI is InChI=1S/C13H20N4O2/c1-14-11-6-10(13(19)15-4-5-18)7-12(17-11)16-8-9-2-3-9/h6-7,9,18H,2-5,8H2,1H3,(H,15,19)(H2,14,16,17). The molecule has 6 nitrogen and oxygen atoms in total. The van der Waals surface area contributed by atoms with Gasteiger partial charge in [0.1, 0.15) is 11.6 Å². The van der Waals surface area contributed by atoms with Crippen molar-refractivity contribution in [3.63, 3.8) is 0 Å². The van der Waals surface area contributed by atoms with E-state index in [-0.39, 0.29) is 19.1 Å². The molecule has 1 amide bonds. The van der Waals surface area contributed by atoms with E-state index in [1.54, 1.807) is 19.2 Å². The number of carbonyl (C=O) groups excluding carboxylic acids is 1. The molecule has 1 aliphatic rings. The molecule has 0 unspecified atom stereocenters. The maximum absolute atomic E-state index is 11.9. The molecule has 0 atom stereocenters. The molecule has 4 N–H and O–H groups in total. The van der Waals surface area contributed by atoms with Gasteiger partial charge in [-0.05, 0) is 30.9 Å². The highest BCUT2D eigenvalue weighted by Crippen LogP contribution is 2.29. The van der Waals surface area contributed by atoms with Crippen LogP contribution in [0.1, 0.15) is 23.2 Å². The SMILES string of the molecule is CNc1cc(C(=O)NCCO)cc(NCC2CC2)n1. The molecule has 1 aliphatic carbocycles. The lowest BCUT2D eigenvalue weighted by Crippen LogP contribution is -2.26. The van der Waals surface area contributed by atoms with Gasteiger partial charge >= 0.3 is 0 Å². The van der Waals surface area contributed by atoms with Gasteiger partial charge in [0.2, 0.25) is 0 Å². The Hall–Kier alpha value is -1.82. The number of pyridine rings is 1. The molecule has 1 fully saturated rings. The lowest BCUT2D eigenvalue weighted by Gasteiger charge is -2.10. The minimum atomic E-state index is -0.206. The Kier molecular flexibility index (Phi) is 4.57. The quantitative estimate of drug-likeness (QED) is 0.581. The molecule has 0 radical (unpaired) electrons. The number of aromatic nitrogens is 1. The smallest absolute Gasteiger partial charge is 0.251 e. The summed E-state index contributed by atoms with van der Waals surface area (Å²) in [5.74, 6) is 1.89. The van der Waals surface area contributed by atoms with Crippen LogP contribution in [0.2, 0.25) is 0 Å². The van der Waals surface area contributed by atoms with E-state index in [4.69, 9.17) is 5.11 Å². The van der Waals surface area contributed by atoms with Gasteiger partial charge in [0, 0.05) is 25.7 Å². The number of hydrogen-bond donors (Lipinski definition) is 4. The molecule has 0 bridgehead atoms. The van der Waals surface area contributed by atoms with E-state index in [1.165, 1.54) is 12.8 Å². The first-order valence-electron chi connectivity index (χ1n) is 6.55. The molecular formula is C13H20N4O2. The van der Waals surface area contributed by atoms with Crippen LogP contribution < -0.4 is 16.0 Å². The largest absolute Gasteiger partial charge is 0.395 e. The number of carbonyl (C=O) groups is 1. The monoisotopic (exact) mass is 264 g/mol. The zero-order valence-electron chi connectivity index (χ0n) is 11.1. The summed E-state index contributed by atoms with van der Waals surface area (Å²) >= 11 is 0. The Bertz CT molecular complexity index is 446. The first-order chi connectivity index (χ1) is 9.22. The zero-order chi connectivity index (χ0) is 13.7. The Balaban J connectivity index is 2.07. The minimum absolute atomic E-state index is 0.0670. The van der Waals surface area contributed by atoms with Crippen LogP contribution in [-0.2, 0) is 0 Å². The summed E-state index contributed by atoms with van der Waals surface area (Å²) in [6.45, 7) is 1.08. The summed E-state index contributed by atoms with van der Waals surface area (Å²) in [6.07, 6.45) is 2.53. The van der Waals surface area contributed by atoms with Crippen LogP contribution in [0, 0.1) is 5.92 Å². The Morgan fingerprint density at radius 3 is 2.79 bits per heavy atom. The maximum atomic E-state index is 11.9. The van der Waals surface area contributed by atoms with Crippen molar-refractivity contribution < 1.29 is 9.90 Å². The van der Waals surface area contributed by atoms with Crippen molar-refractivity contribution in [2.75, 3.05) is 37.4 Å². The summed E-state index contributed by atoms with van der Waals surface area (Å²) in [5.41, 5.74) is 0.533. The number of aliphatic hydroxyl groups is 1. The number of anilines is 2. The van der Waals surface area contributed by atoms with Crippen LogP contribution in [0.5, 0.6) is 0 Å². The van der Waals surface area contributed by atoms with Crippen molar-refractivity contribution in [2.24, 2.45) is 5.92 Å². The third-order valence-corrected chi connectivity index (χ3v) is 3.01. The molecule has 1 aromatic heterocycles. The molecule has 0 aromatic carbocycles. The molecule has 0 spiro atoms. The minimum Gasteiger partial charge on any atom is -0.395 e. The molecule has 19 heavy (non-hydrogen) atoms. The van der Waals surface area contributed by atoms with E-state index in [9.17, 15) is 4.79 Å². The summed E-state index contributed by atoms with van der Waals surface area (Å²) in [4.78, 5) is 16.2. The van der Waals surface area contributed by atoms with Crippen molar-refractivity contribution in [1.82, 2.24) is 10.3 Å². The predicted octanol–water partition coefficient (Wildman–Crippen LogP) is 0.667. The molecule has 6 heteroatoms. The van der Waals surface area contributed by atoms with Crippen LogP contribution >= 0.6 is 0 Å². The van der Waals surface area contributed by atoms with Crippen molar-refractivity contribution in [2.45, 2.75) is 12.8 Å². The summed E-state index contributed by atoms with van der Waals surface area (Å²) in [6, 6.07) is 3.42. The number of hydrogen-bond acceptors (Lipinski definition) is 5. The number of amides is 1. The van der Waals surface area contributed by atoms with E-state index in [0.29, 0.717) is 17.2 Å². The van der Waals surface area contributed by atoms with E-state index < -0.39 is 0 Å². The van der Waals surface area contributed by atoms with Crippen LogP contribution in [0.25, 0.3) is 0 Å². The highest BCUT2D eigenvalue weighted by molar-refractivity contribution is 5.95. The van der Waals surface area contributed by atoms with Crippen LogP contribution in [0.15, 0.2) is 12.1 Å². The van der Waals surface area contributed by atoms with E-state index in [2.05, 4.69) is 20.9 Å². The van der Waals surface area contributed by atoms with Gasteiger partial charge in [0.15, 0.2) is 0 Å². The van der Waals surface area contributed by atoms with Gasteiger partial charge in [-0.2, -0.15) is 0 Å². The fraction of sp³-hybridized carbons (Fsp3) is 0.538. The second-order valence-corrected chi connectivity index (χ2v) is 4.68. The topological polar surface area (TPSA) is 86.3 Å². The molecule has 1 heterocycles. The van der Waals surface area contributed by atoms with E-state index in [1.807, 2.05) is 0 Å². The Morgan fingerprint density at radius 2 is 2.16 bits per heavy atom. The molecule has 104 valence electrons. The van der Waals surface area contributed by atoms with Crippen molar-refractivity contribution in [3.05, 3.63) is 17.7 Å². The second kappa shape index (κ2) is 6.38. The lowest BCUT2D eigenvalue weighted by atomic mass is 10.2. The fourth-order valence-electron chi connectivity index (χ4n) is 1.72. The van der Waals surface area contributed by atoms with Crippen molar-refractivity contribution in [1.29, 1.82) is 0 Å². The number of rotatable bonds is 7. The average Bonchev–Trinajstić information content (AvgIpc) is 3.26. The molecule has 1 aromatic rings. The van der Waals surface area contributed by atoms with Gasteiger partial charge in [0.25, 0.3) is 5.91 Å². The molecular weight excluding hydrogens is 244 g/mol. The first-order valence-corrected chi connectivity index (χ1v) is 6.55. The predicted molar refractivity (Wildman–Crippen MR) is 74.4 cm³/mol. The Labute approximate surface area is 112 Å². The molecule has 1 saturated carbocycles. The van der Waals surface area contributed by atoms with Crippen LogP contribution in [0.3, 0.4) is 0 Å². The average molecular weight is 264 g/mol. The van der Waals surface area contributed by atoms with Gasteiger partial charge in [-0.3, -0.25) is 4.79 Å². The van der Waals surface area contributed by atoms with E-state index in [0.717, 1.165) is 12.5 Å². The third-order valence-electron chi connectivity index (χ3n) is 3.01.